The van der Waals surface area contributed by atoms with Crippen molar-refractivity contribution in [3.05, 3.63) is 35.4 Å². The Kier molecular flexibility index (Phi) is 9.69. The molecule has 98 valence electrons. The molecule has 1 aromatic rings. The van der Waals surface area contributed by atoms with Crippen LogP contribution in [0.3, 0.4) is 0 Å². The van der Waals surface area contributed by atoms with Crippen molar-refractivity contribution in [2.24, 2.45) is 0 Å². The summed E-state index contributed by atoms with van der Waals surface area (Å²) in [4.78, 5) is 0. The standard InChI is InChI=1S/C8H18.C7H6F2/c1-3-5-7-8-6-4-2;1-5-2-6(8)4-7(9)3-5/h3-8H2,1-2H3;2-4H,1H3. The number of benzene rings is 1. The first-order chi connectivity index (χ1) is 8.10. The Morgan fingerprint density at radius 1 is 0.765 bits per heavy atom. The smallest absolute Gasteiger partial charge is 0.126 e. The second-order valence-corrected chi connectivity index (χ2v) is 4.36. The van der Waals surface area contributed by atoms with Crippen LogP contribution in [0.1, 0.15) is 57.9 Å². The lowest BCUT2D eigenvalue weighted by molar-refractivity contribution is 0.581. The van der Waals surface area contributed by atoms with Gasteiger partial charge in [0.2, 0.25) is 0 Å². The van der Waals surface area contributed by atoms with Crippen LogP contribution in [-0.4, -0.2) is 0 Å². The first-order valence-corrected chi connectivity index (χ1v) is 6.52. The molecule has 0 nitrogen and oxygen atoms in total. The van der Waals surface area contributed by atoms with Crippen molar-refractivity contribution in [3.63, 3.8) is 0 Å². The Balaban J connectivity index is 0.000000304. The summed E-state index contributed by atoms with van der Waals surface area (Å²) >= 11 is 0. The van der Waals surface area contributed by atoms with Crippen LogP contribution in [0.2, 0.25) is 0 Å². The number of hydrogen-bond donors (Lipinski definition) is 0. The van der Waals surface area contributed by atoms with E-state index in [9.17, 15) is 8.78 Å². The zero-order valence-corrected chi connectivity index (χ0v) is 11.2. The molecule has 0 saturated carbocycles. The minimum atomic E-state index is -0.521. The molecule has 0 amide bonds. The normalized spacial score (nSPS) is 9.71. The van der Waals surface area contributed by atoms with E-state index in [1.54, 1.807) is 6.92 Å². The molecule has 0 fully saturated rings. The summed E-state index contributed by atoms with van der Waals surface area (Å²) in [5, 5.41) is 0. The highest BCUT2D eigenvalue weighted by atomic mass is 19.1. The zero-order valence-electron chi connectivity index (χ0n) is 11.2. The van der Waals surface area contributed by atoms with Gasteiger partial charge in [0.05, 0.1) is 0 Å². The van der Waals surface area contributed by atoms with E-state index in [1.807, 2.05) is 0 Å². The van der Waals surface area contributed by atoms with Crippen LogP contribution in [0, 0.1) is 18.6 Å². The molecule has 2 heteroatoms. The summed E-state index contributed by atoms with van der Waals surface area (Å²) < 4.78 is 24.4. The van der Waals surface area contributed by atoms with Gasteiger partial charge in [-0.3, -0.25) is 0 Å². The Morgan fingerprint density at radius 2 is 1.18 bits per heavy atom. The lowest BCUT2D eigenvalue weighted by Gasteiger charge is -1.93. The van der Waals surface area contributed by atoms with Crippen LogP contribution < -0.4 is 0 Å². The van der Waals surface area contributed by atoms with Crippen molar-refractivity contribution in [2.45, 2.75) is 59.3 Å². The third-order valence-electron chi connectivity index (χ3n) is 2.46. The average molecular weight is 242 g/mol. The Bertz CT molecular complexity index is 238. The van der Waals surface area contributed by atoms with Gasteiger partial charge in [-0.05, 0) is 24.6 Å². The largest absolute Gasteiger partial charge is 0.207 e. The lowest BCUT2D eigenvalue weighted by atomic mass is 10.1. The van der Waals surface area contributed by atoms with Crippen molar-refractivity contribution in [1.29, 1.82) is 0 Å². The van der Waals surface area contributed by atoms with Crippen molar-refractivity contribution in [1.82, 2.24) is 0 Å². The molecule has 0 aliphatic rings. The molecule has 1 rings (SSSR count). The summed E-state index contributed by atoms with van der Waals surface area (Å²) in [6.45, 7) is 6.16. The van der Waals surface area contributed by atoms with Gasteiger partial charge in [0.1, 0.15) is 11.6 Å². The van der Waals surface area contributed by atoms with Gasteiger partial charge in [0.15, 0.2) is 0 Å². The maximum Gasteiger partial charge on any atom is 0.126 e. The van der Waals surface area contributed by atoms with Gasteiger partial charge >= 0.3 is 0 Å². The monoisotopic (exact) mass is 242 g/mol. The van der Waals surface area contributed by atoms with Gasteiger partial charge < -0.3 is 0 Å². The van der Waals surface area contributed by atoms with Gasteiger partial charge in [0.25, 0.3) is 0 Å². The molecular weight excluding hydrogens is 218 g/mol. The van der Waals surface area contributed by atoms with E-state index in [0.29, 0.717) is 5.56 Å². The fraction of sp³-hybridized carbons (Fsp3) is 0.600. The van der Waals surface area contributed by atoms with E-state index in [-0.39, 0.29) is 0 Å². The number of halogens is 2. The predicted molar refractivity (Wildman–Crippen MR) is 70.1 cm³/mol. The fourth-order valence-electron chi connectivity index (χ4n) is 1.55. The second-order valence-electron chi connectivity index (χ2n) is 4.36. The fourth-order valence-corrected chi connectivity index (χ4v) is 1.55. The van der Waals surface area contributed by atoms with Gasteiger partial charge in [-0.25, -0.2) is 8.78 Å². The molecule has 0 unspecified atom stereocenters. The first kappa shape index (κ1) is 16.1. The van der Waals surface area contributed by atoms with Gasteiger partial charge in [0, 0.05) is 6.07 Å². The summed E-state index contributed by atoms with van der Waals surface area (Å²) in [7, 11) is 0. The van der Waals surface area contributed by atoms with E-state index >= 15 is 0 Å². The first-order valence-electron chi connectivity index (χ1n) is 6.52. The number of hydrogen-bond acceptors (Lipinski definition) is 0. The second kappa shape index (κ2) is 10.2. The molecular formula is C15H24F2. The molecule has 0 radical (unpaired) electrons. The molecule has 0 atom stereocenters. The van der Waals surface area contributed by atoms with E-state index in [0.717, 1.165) is 6.07 Å². The van der Waals surface area contributed by atoms with Crippen LogP contribution in [0.25, 0.3) is 0 Å². The maximum absolute atomic E-state index is 12.2. The topological polar surface area (TPSA) is 0 Å². The Hall–Kier alpha value is -0.920. The van der Waals surface area contributed by atoms with Crippen molar-refractivity contribution in [3.8, 4) is 0 Å². The van der Waals surface area contributed by atoms with Crippen LogP contribution in [0.15, 0.2) is 18.2 Å². The number of unbranched alkanes of at least 4 members (excludes halogenated alkanes) is 5. The van der Waals surface area contributed by atoms with Crippen LogP contribution in [-0.2, 0) is 0 Å². The highest BCUT2D eigenvalue weighted by molar-refractivity contribution is 5.15. The predicted octanol–water partition coefficient (Wildman–Crippen LogP) is 5.64. The SMILES string of the molecule is CCCCCCCC.Cc1cc(F)cc(F)c1. The van der Waals surface area contributed by atoms with Crippen LogP contribution >= 0.6 is 0 Å². The molecule has 0 heterocycles. The van der Waals surface area contributed by atoms with Crippen LogP contribution in [0.5, 0.6) is 0 Å². The summed E-state index contributed by atoms with van der Waals surface area (Å²) in [5.74, 6) is -1.04. The van der Waals surface area contributed by atoms with Crippen molar-refractivity contribution >= 4 is 0 Å². The highest BCUT2D eigenvalue weighted by Gasteiger charge is 1.93. The molecule has 17 heavy (non-hydrogen) atoms. The number of rotatable bonds is 5. The third kappa shape index (κ3) is 9.98. The van der Waals surface area contributed by atoms with Crippen LogP contribution in [0.4, 0.5) is 8.78 Å². The molecule has 0 bridgehead atoms. The van der Waals surface area contributed by atoms with Crippen molar-refractivity contribution in [2.75, 3.05) is 0 Å². The Labute approximate surface area is 104 Å². The minimum absolute atomic E-state index is 0.521. The molecule has 0 saturated heterocycles. The quantitative estimate of drug-likeness (QED) is 0.586. The zero-order chi connectivity index (χ0) is 13.1. The minimum Gasteiger partial charge on any atom is -0.207 e. The Morgan fingerprint density at radius 3 is 1.47 bits per heavy atom. The third-order valence-corrected chi connectivity index (χ3v) is 2.46. The summed E-state index contributed by atoms with van der Waals surface area (Å²) in [6, 6.07) is 3.42. The highest BCUT2D eigenvalue weighted by Crippen LogP contribution is 2.05. The number of aryl methyl sites for hydroxylation is 1. The average Bonchev–Trinajstić information content (AvgIpc) is 2.23. The van der Waals surface area contributed by atoms with Gasteiger partial charge in [-0.2, -0.15) is 0 Å². The summed E-state index contributed by atoms with van der Waals surface area (Å²) in [5.41, 5.74) is 0.604. The van der Waals surface area contributed by atoms with E-state index in [1.165, 1.54) is 50.7 Å². The maximum atomic E-state index is 12.2. The molecule has 0 aromatic heterocycles. The molecule has 0 aliphatic carbocycles. The lowest BCUT2D eigenvalue weighted by Crippen LogP contribution is -1.80. The van der Waals surface area contributed by atoms with E-state index in [4.69, 9.17) is 0 Å². The van der Waals surface area contributed by atoms with E-state index in [2.05, 4.69) is 13.8 Å². The van der Waals surface area contributed by atoms with Gasteiger partial charge in [-0.1, -0.05) is 52.4 Å². The van der Waals surface area contributed by atoms with Crippen molar-refractivity contribution < 1.29 is 8.78 Å². The van der Waals surface area contributed by atoms with E-state index < -0.39 is 11.6 Å². The molecule has 1 aromatic carbocycles. The summed E-state index contributed by atoms with van der Waals surface area (Å²) in [6.07, 6.45) is 8.49. The molecule has 0 spiro atoms. The molecule has 0 aliphatic heterocycles. The van der Waals surface area contributed by atoms with Gasteiger partial charge in [-0.15, -0.1) is 0 Å². The molecule has 0 N–H and O–H groups in total.